The minimum absolute atomic E-state index is 0.115. The van der Waals surface area contributed by atoms with Gasteiger partial charge in [-0.1, -0.05) is 11.6 Å². The Hall–Kier alpha value is -1.22. The van der Waals surface area contributed by atoms with E-state index in [-0.39, 0.29) is 11.9 Å². The maximum Gasteiger partial charge on any atom is 0.260 e. The number of carbonyl (C=O) groups excluding carboxylic acids is 1. The van der Waals surface area contributed by atoms with E-state index in [1.54, 1.807) is 31.2 Å². The summed E-state index contributed by atoms with van der Waals surface area (Å²) in [6, 6.07) is 7.04. The van der Waals surface area contributed by atoms with Gasteiger partial charge in [-0.15, -0.1) is 0 Å². The minimum Gasteiger partial charge on any atom is -0.481 e. The van der Waals surface area contributed by atoms with Gasteiger partial charge in [-0.05, 0) is 45.0 Å². The number of rotatable bonds is 4. The smallest absolute Gasteiger partial charge is 0.260 e. The number of hydrogen-bond donors (Lipinski definition) is 1. The average molecular weight is 242 g/mol. The largest absolute Gasteiger partial charge is 0.481 e. The van der Waals surface area contributed by atoms with E-state index in [0.717, 1.165) is 0 Å². The first-order chi connectivity index (χ1) is 7.49. The second kappa shape index (κ2) is 5.75. The van der Waals surface area contributed by atoms with Crippen LogP contribution in [0.2, 0.25) is 5.02 Å². The van der Waals surface area contributed by atoms with Gasteiger partial charge in [0.2, 0.25) is 0 Å². The summed E-state index contributed by atoms with van der Waals surface area (Å²) in [4.78, 5) is 11.6. The SMILES string of the molecule is CC(C)NC(=O)C(C)Oc1ccc(Cl)cc1. The number of carbonyl (C=O) groups is 1. The Bertz CT molecular complexity index is 349. The fourth-order valence-electron chi connectivity index (χ4n) is 1.17. The van der Waals surface area contributed by atoms with E-state index in [4.69, 9.17) is 16.3 Å². The molecule has 0 radical (unpaired) electrons. The molecule has 0 aliphatic carbocycles. The van der Waals surface area contributed by atoms with Crippen LogP contribution in [-0.2, 0) is 4.79 Å². The van der Waals surface area contributed by atoms with Crippen molar-refractivity contribution in [2.75, 3.05) is 0 Å². The Labute approximate surface area is 101 Å². The molecule has 1 unspecified atom stereocenters. The molecule has 0 bridgehead atoms. The highest BCUT2D eigenvalue weighted by Crippen LogP contribution is 2.16. The van der Waals surface area contributed by atoms with Crippen LogP contribution in [0.25, 0.3) is 0 Å². The molecule has 0 saturated carbocycles. The lowest BCUT2D eigenvalue weighted by Gasteiger charge is -2.16. The van der Waals surface area contributed by atoms with E-state index >= 15 is 0 Å². The molecular formula is C12H16ClNO2. The van der Waals surface area contributed by atoms with Crippen LogP contribution in [0, 0.1) is 0 Å². The Morgan fingerprint density at radius 3 is 2.31 bits per heavy atom. The molecule has 3 nitrogen and oxygen atoms in total. The quantitative estimate of drug-likeness (QED) is 0.880. The third-order valence-electron chi connectivity index (χ3n) is 1.93. The van der Waals surface area contributed by atoms with Gasteiger partial charge in [-0.3, -0.25) is 4.79 Å². The van der Waals surface area contributed by atoms with Crippen LogP contribution in [-0.4, -0.2) is 18.1 Å². The highest BCUT2D eigenvalue weighted by Gasteiger charge is 2.14. The zero-order valence-corrected chi connectivity index (χ0v) is 10.4. The number of benzene rings is 1. The summed E-state index contributed by atoms with van der Waals surface area (Å²) < 4.78 is 5.46. The van der Waals surface area contributed by atoms with Crippen molar-refractivity contribution in [2.24, 2.45) is 0 Å². The first-order valence-electron chi connectivity index (χ1n) is 5.21. The van der Waals surface area contributed by atoms with Crippen molar-refractivity contribution in [3.05, 3.63) is 29.3 Å². The van der Waals surface area contributed by atoms with Crippen LogP contribution < -0.4 is 10.1 Å². The van der Waals surface area contributed by atoms with Crippen molar-refractivity contribution in [2.45, 2.75) is 32.9 Å². The Kier molecular flexibility index (Phi) is 4.62. The number of hydrogen-bond acceptors (Lipinski definition) is 2. The molecule has 16 heavy (non-hydrogen) atoms. The molecule has 0 spiro atoms. The summed E-state index contributed by atoms with van der Waals surface area (Å²) in [5.41, 5.74) is 0. The average Bonchev–Trinajstić information content (AvgIpc) is 2.20. The predicted molar refractivity (Wildman–Crippen MR) is 64.8 cm³/mol. The molecule has 0 saturated heterocycles. The molecule has 1 amide bonds. The lowest BCUT2D eigenvalue weighted by atomic mass is 10.3. The van der Waals surface area contributed by atoms with Gasteiger partial charge in [0, 0.05) is 11.1 Å². The molecule has 88 valence electrons. The molecular weight excluding hydrogens is 226 g/mol. The van der Waals surface area contributed by atoms with Crippen LogP contribution in [0.3, 0.4) is 0 Å². The van der Waals surface area contributed by atoms with E-state index in [2.05, 4.69) is 5.32 Å². The second-order valence-corrected chi connectivity index (χ2v) is 4.31. The van der Waals surface area contributed by atoms with E-state index < -0.39 is 6.10 Å². The summed E-state index contributed by atoms with van der Waals surface area (Å²) in [7, 11) is 0. The molecule has 1 rings (SSSR count). The van der Waals surface area contributed by atoms with Crippen LogP contribution in [0.1, 0.15) is 20.8 Å². The Morgan fingerprint density at radius 2 is 1.81 bits per heavy atom. The van der Waals surface area contributed by atoms with Gasteiger partial charge in [0.1, 0.15) is 5.75 Å². The normalized spacial score (nSPS) is 12.3. The van der Waals surface area contributed by atoms with Crippen LogP contribution in [0.15, 0.2) is 24.3 Å². The molecule has 0 aliphatic heterocycles. The predicted octanol–water partition coefficient (Wildman–Crippen LogP) is 2.63. The fourth-order valence-corrected chi connectivity index (χ4v) is 1.30. The molecule has 1 aromatic rings. The molecule has 0 aromatic heterocycles. The topological polar surface area (TPSA) is 38.3 Å². The van der Waals surface area contributed by atoms with Crippen molar-refractivity contribution in [1.82, 2.24) is 5.32 Å². The van der Waals surface area contributed by atoms with Gasteiger partial charge < -0.3 is 10.1 Å². The van der Waals surface area contributed by atoms with Crippen molar-refractivity contribution < 1.29 is 9.53 Å². The molecule has 0 heterocycles. The van der Waals surface area contributed by atoms with Crippen molar-refractivity contribution >= 4 is 17.5 Å². The number of ether oxygens (including phenoxy) is 1. The standard InChI is InChI=1S/C12H16ClNO2/c1-8(2)14-12(15)9(3)16-11-6-4-10(13)5-7-11/h4-9H,1-3H3,(H,14,15). The van der Waals surface area contributed by atoms with Crippen LogP contribution in [0.5, 0.6) is 5.75 Å². The number of halogens is 1. The van der Waals surface area contributed by atoms with Crippen molar-refractivity contribution in [3.8, 4) is 5.75 Å². The Balaban J connectivity index is 2.53. The zero-order chi connectivity index (χ0) is 12.1. The molecule has 1 N–H and O–H groups in total. The fraction of sp³-hybridized carbons (Fsp3) is 0.417. The summed E-state index contributed by atoms with van der Waals surface area (Å²) >= 11 is 5.74. The highest BCUT2D eigenvalue weighted by atomic mass is 35.5. The third kappa shape index (κ3) is 4.11. The zero-order valence-electron chi connectivity index (χ0n) is 9.66. The molecule has 1 aromatic carbocycles. The second-order valence-electron chi connectivity index (χ2n) is 3.88. The molecule has 0 aliphatic rings. The monoisotopic (exact) mass is 241 g/mol. The first-order valence-corrected chi connectivity index (χ1v) is 5.59. The van der Waals surface area contributed by atoms with Gasteiger partial charge in [0.15, 0.2) is 6.10 Å². The summed E-state index contributed by atoms with van der Waals surface area (Å²) in [6.45, 7) is 5.53. The molecule has 1 atom stereocenters. The van der Waals surface area contributed by atoms with Crippen LogP contribution in [0.4, 0.5) is 0 Å². The van der Waals surface area contributed by atoms with E-state index in [0.29, 0.717) is 10.8 Å². The van der Waals surface area contributed by atoms with Gasteiger partial charge >= 0.3 is 0 Å². The van der Waals surface area contributed by atoms with Gasteiger partial charge in [-0.25, -0.2) is 0 Å². The van der Waals surface area contributed by atoms with Gasteiger partial charge in [0.25, 0.3) is 5.91 Å². The third-order valence-corrected chi connectivity index (χ3v) is 2.18. The number of nitrogens with one attached hydrogen (secondary N) is 1. The van der Waals surface area contributed by atoms with Crippen LogP contribution >= 0.6 is 11.6 Å². The van der Waals surface area contributed by atoms with E-state index in [1.165, 1.54) is 0 Å². The number of amides is 1. The highest BCUT2D eigenvalue weighted by molar-refractivity contribution is 6.30. The maximum absolute atomic E-state index is 11.6. The lowest BCUT2D eigenvalue weighted by molar-refractivity contribution is -0.127. The van der Waals surface area contributed by atoms with Gasteiger partial charge in [0.05, 0.1) is 0 Å². The van der Waals surface area contributed by atoms with Crippen molar-refractivity contribution in [1.29, 1.82) is 0 Å². The molecule has 4 heteroatoms. The summed E-state index contributed by atoms with van der Waals surface area (Å²) in [5, 5.41) is 3.43. The van der Waals surface area contributed by atoms with Gasteiger partial charge in [-0.2, -0.15) is 0 Å². The first kappa shape index (κ1) is 12.8. The lowest BCUT2D eigenvalue weighted by Crippen LogP contribution is -2.39. The maximum atomic E-state index is 11.6. The molecule has 0 fully saturated rings. The minimum atomic E-state index is -0.511. The summed E-state index contributed by atoms with van der Waals surface area (Å²) in [5.74, 6) is 0.515. The van der Waals surface area contributed by atoms with E-state index in [9.17, 15) is 4.79 Å². The Morgan fingerprint density at radius 1 is 1.25 bits per heavy atom. The van der Waals surface area contributed by atoms with E-state index in [1.807, 2.05) is 13.8 Å². The summed E-state index contributed by atoms with van der Waals surface area (Å²) in [6.07, 6.45) is -0.511. The van der Waals surface area contributed by atoms with Crippen molar-refractivity contribution in [3.63, 3.8) is 0 Å².